The van der Waals surface area contributed by atoms with Crippen molar-refractivity contribution in [2.45, 2.75) is 6.92 Å². The highest BCUT2D eigenvalue weighted by atomic mass is 127. The van der Waals surface area contributed by atoms with Gasteiger partial charge in [-0.15, -0.1) is 0 Å². The molecule has 1 rings (SSSR count). The molecule has 0 aliphatic rings. The average molecular weight is 244 g/mol. The van der Waals surface area contributed by atoms with Crippen LogP contribution in [-0.2, 0) is 0 Å². The molecule has 0 aromatic heterocycles. The third-order valence-corrected chi connectivity index (χ3v) is 2.23. The van der Waals surface area contributed by atoms with Crippen molar-refractivity contribution in [1.29, 1.82) is 0 Å². The number of hydrogen-bond acceptors (Lipinski definition) is 0. The third-order valence-electron chi connectivity index (χ3n) is 1.25. The predicted molar refractivity (Wildman–Crippen MR) is 53.9 cm³/mol. The van der Waals surface area contributed by atoms with E-state index in [1.165, 1.54) is 9.13 Å². The van der Waals surface area contributed by atoms with Gasteiger partial charge in [0.1, 0.15) is 0 Å². The van der Waals surface area contributed by atoms with Gasteiger partial charge in [-0.2, -0.15) is 0 Å². The molecule has 0 atom stereocenters. The fourth-order valence-electron chi connectivity index (χ4n) is 0.790. The lowest BCUT2D eigenvalue weighted by Gasteiger charge is -1.94. The quantitative estimate of drug-likeness (QED) is 0.664. The van der Waals surface area contributed by atoms with Gasteiger partial charge in [0.2, 0.25) is 0 Å². The van der Waals surface area contributed by atoms with Gasteiger partial charge >= 0.3 is 0 Å². The van der Waals surface area contributed by atoms with Crippen molar-refractivity contribution >= 4 is 28.7 Å². The van der Waals surface area contributed by atoms with Gasteiger partial charge in [0.05, 0.1) is 0 Å². The molecule has 0 N–H and O–H groups in total. The SMILES string of the molecule is C/C=C\c1ccccc1I. The minimum Gasteiger partial charge on any atom is -0.0870 e. The van der Waals surface area contributed by atoms with E-state index in [1.54, 1.807) is 0 Å². The van der Waals surface area contributed by atoms with E-state index in [0.29, 0.717) is 0 Å². The van der Waals surface area contributed by atoms with Crippen molar-refractivity contribution in [3.05, 3.63) is 39.5 Å². The number of hydrogen-bond donors (Lipinski definition) is 0. The first kappa shape index (κ1) is 7.79. The van der Waals surface area contributed by atoms with Gasteiger partial charge < -0.3 is 0 Å². The molecule has 0 saturated carbocycles. The van der Waals surface area contributed by atoms with Crippen molar-refractivity contribution in [3.8, 4) is 0 Å². The molecule has 0 saturated heterocycles. The molecule has 1 aromatic rings. The maximum Gasteiger partial charge on any atom is 0.0202 e. The van der Waals surface area contributed by atoms with Crippen molar-refractivity contribution < 1.29 is 0 Å². The highest BCUT2D eigenvalue weighted by Gasteiger charge is 1.89. The second-order valence-corrected chi connectivity index (χ2v) is 3.18. The molecule has 0 heterocycles. The van der Waals surface area contributed by atoms with E-state index >= 15 is 0 Å². The van der Waals surface area contributed by atoms with Gasteiger partial charge in [0, 0.05) is 3.57 Å². The summed E-state index contributed by atoms with van der Waals surface area (Å²) in [6, 6.07) is 8.32. The maximum absolute atomic E-state index is 2.33. The second kappa shape index (κ2) is 3.76. The minimum absolute atomic E-state index is 1.30. The standard InChI is InChI=1S/C9H9I/c1-2-5-8-6-3-4-7-9(8)10/h2-7H,1H3/b5-2-. The van der Waals surface area contributed by atoms with Gasteiger partial charge in [-0.3, -0.25) is 0 Å². The molecule has 0 nitrogen and oxygen atoms in total. The normalized spacial score (nSPS) is 10.6. The first-order chi connectivity index (χ1) is 4.84. The molecule has 0 aliphatic carbocycles. The minimum atomic E-state index is 1.30. The molecule has 0 radical (unpaired) electrons. The van der Waals surface area contributed by atoms with Crippen molar-refractivity contribution in [2.75, 3.05) is 0 Å². The van der Waals surface area contributed by atoms with Crippen LogP contribution in [0.4, 0.5) is 0 Å². The molecule has 10 heavy (non-hydrogen) atoms. The van der Waals surface area contributed by atoms with Crippen molar-refractivity contribution in [1.82, 2.24) is 0 Å². The molecule has 0 spiro atoms. The van der Waals surface area contributed by atoms with Crippen LogP contribution in [-0.4, -0.2) is 0 Å². The van der Waals surface area contributed by atoms with Crippen LogP contribution >= 0.6 is 22.6 Å². The molecular formula is C9H9I. The Kier molecular flexibility index (Phi) is 2.93. The van der Waals surface area contributed by atoms with Crippen LogP contribution in [0.3, 0.4) is 0 Å². The van der Waals surface area contributed by atoms with Crippen LogP contribution in [0, 0.1) is 3.57 Å². The third kappa shape index (κ3) is 1.84. The number of allylic oxidation sites excluding steroid dienone is 1. The molecule has 1 aromatic carbocycles. The average Bonchev–Trinajstić information content (AvgIpc) is 1.94. The van der Waals surface area contributed by atoms with E-state index in [9.17, 15) is 0 Å². The maximum atomic E-state index is 2.33. The summed E-state index contributed by atoms with van der Waals surface area (Å²) in [5.41, 5.74) is 1.30. The topological polar surface area (TPSA) is 0 Å². The largest absolute Gasteiger partial charge is 0.0870 e. The highest BCUT2D eigenvalue weighted by molar-refractivity contribution is 14.1. The Balaban J connectivity index is 3.03. The smallest absolute Gasteiger partial charge is 0.0202 e. The summed E-state index contributed by atoms with van der Waals surface area (Å²) in [7, 11) is 0. The molecule has 0 unspecified atom stereocenters. The lowest BCUT2D eigenvalue weighted by atomic mass is 10.2. The molecule has 0 amide bonds. The summed E-state index contributed by atoms with van der Waals surface area (Å²) in [4.78, 5) is 0. The summed E-state index contributed by atoms with van der Waals surface area (Å²) in [6.45, 7) is 2.03. The summed E-state index contributed by atoms with van der Waals surface area (Å²) >= 11 is 2.33. The van der Waals surface area contributed by atoms with Gasteiger partial charge in [0.15, 0.2) is 0 Å². The number of rotatable bonds is 1. The Bertz CT molecular complexity index is 238. The molecule has 1 heteroatoms. The highest BCUT2D eigenvalue weighted by Crippen LogP contribution is 2.12. The van der Waals surface area contributed by atoms with Crippen molar-refractivity contribution in [3.63, 3.8) is 0 Å². The Morgan fingerprint density at radius 2 is 2.00 bits per heavy atom. The Labute approximate surface area is 75.1 Å². The van der Waals surface area contributed by atoms with E-state index in [4.69, 9.17) is 0 Å². The Morgan fingerprint density at radius 1 is 1.30 bits per heavy atom. The van der Waals surface area contributed by atoms with Crippen molar-refractivity contribution in [2.24, 2.45) is 0 Å². The number of halogens is 1. The predicted octanol–water partition coefficient (Wildman–Crippen LogP) is 3.32. The molecule has 0 bridgehead atoms. The Morgan fingerprint density at radius 3 is 2.60 bits per heavy atom. The number of benzene rings is 1. The van der Waals surface area contributed by atoms with Crippen LogP contribution < -0.4 is 0 Å². The van der Waals surface area contributed by atoms with E-state index in [2.05, 4.69) is 59.0 Å². The zero-order valence-corrected chi connectivity index (χ0v) is 8.00. The molecule has 0 aliphatic heterocycles. The summed E-state index contributed by atoms with van der Waals surface area (Å²) in [6.07, 6.45) is 4.17. The van der Waals surface area contributed by atoms with Gasteiger partial charge in [-0.25, -0.2) is 0 Å². The first-order valence-electron chi connectivity index (χ1n) is 3.22. The lowest BCUT2D eigenvalue weighted by molar-refractivity contribution is 1.59. The molecular weight excluding hydrogens is 235 g/mol. The zero-order valence-electron chi connectivity index (χ0n) is 5.84. The fourth-order valence-corrected chi connectivity index (χ4v) is 1.36. The lowest BCUT2D eigenvalue weighted by Crippen LogP contribution is -1.75. The molecule has 52 valence electrons. The summed E-state index contributed by atoms with van der Waals surface area (Å²) in [5, 5.41) is 0. The molecule has 0 fully saturated rings. The summed E-state index contributed by atoms with van der Waals surface area (Å²) in [5.74, 6) is 0. The van der Waals surface area contributed by atoms with E-state index in [0.717, 1.165) is 0 Å². The van der Waals surface area contributed by atoms with Crippen LogP contribution in [0.15, 0.2) is 30.3 Å². The van der Waals surface area contributed by atoms with Crippen LogP contribution in [0.1, 0.15) is 12.5 Å². The Hall–Kier alpha value is -0.310. The fraction of sp³-hybridized carbons (Fsp3) is 0.111. The van der Waals surface area contributed by atoms with Crippen LogP contribution in [0.2, 0.25) is 0 Å². The van der Waals surface area contributed by atoms with Gasteiger partial charge in [-0.1, -0.05) is 30.4 Å². The van der Waals surface area contributed by atoms with Gasteiger partial charge in [0.25, 0.3) is 0 Å². The van der Waals surface area contributed by atoms with Crippen LogP contribution in [0.25, 0.3) is 6.08 Å². The van der Waals surface area contributed by atoms with Crippen LogP contribution in [0.5, 0.6) is 0 Å². The van der Waals surface area contributed by atoms with Gasteiger partial charge in [-0.05, 0) is 41.1 Å². The second-order valence-electron chi connectivity index (χ2n) is 2.02. The zero-order chi connectivity index (χ0) is 7.40. The van der Waals surface area contributed by atoms with E-state index < -0.39 is 0 Å². The summed E-state index contributed by atoms with van der Waals surface area (Å²) < 4.78 is 1.30. The first-order valence-corrected chi connectivity index (χ1v) is 4.29. The van der Waals surface area contributed by atoms with E-state index in [1.807, 2.05) is 6.92 Å². The monoisotopic (exact) mass is 244 g/mol. The van der Waals surface area contributed by atoms with E-state index in [-0.39, 0.29) is 0 Å².